The third-order valence-electron chi connectivity index (χ3n) is 4.55. The lowest BCUT2D eigenvalue weighted by Crippen LogP contribution is -2.42. The molecule has 140 valence electrons. The largest absolute Gasteiger partial charge is 0.464 e. The Balaban J connectivity index is 2.71. The molecule has 6 nitrogen and oxygen atoms in total. The Morgan fingerprint density at radius 3 is 1.92 bits per heavy atom. The van der Waals surface area contributed by atoms with Crippen molar-refractivity contribution in [2.45, 2.75) is 84.3 Å². The van der Waals surface area contributed by atoms with Crippen molar-refractivity contribution < 1.29 is 23.5 Å². The zero-order chi connectivity index (χ0) is 18.9. The summed E-state index contributed by atoms with van der Waals surface area (Å²) < 4.78 is 16.7. The summed E-state index contributed by atoms with van der Waals surface area (Å²) in [6.45, 7) is 18.4. The first kappa shape index (κ1) is 21.0. The number of carbonyl (C=O) groups is 2. The fraction of sp³-hybridized carbons (Fsp3) is 0.882. The van der Waals surface area contributed by atoms with Crippen molar-refractivity contribution in [1.29, 1.82) is 0 Å². The van der Waals surface area contributed by atoms with Gasteiger partial charge in [0, 0.05) is 6.92 Å². The van der Waals surface area contributed by atoms with E-state index in [9.17, 15) is 9.59 Å². The summed E-state index contributed by atoms with van der Waals surface area (Å²) in [5, 5.41) is 0.101. The number of nitrogens with zero attached hydrogens (tertiary/aromatic N) is 1. The Morgan fingerprint density at radius 2 is 1.50 bits per heavy atom. The van der Waals surface area contributed by atoms with Crippen molar-refractivity contribution in [3.8, 4) is 0 Å². The summed E-state index contributed by atoms with van der Waals surface area (Å²) in [6, 6.07) is -0.276. The van der Waals surface area contributed by atoms with Crippen LogP contribution in [0.25, 0.3) is 0 Å². The third kappa shape index (κ3) is 5.77. The summed E-state index contributed by atoms with van der Waals surface area (Å²) in [5.41, 5.74) is -0.559. The van der Waals surface area contributed by atoms with E-state index in [2.05, 4.69) is 33.9 Å². The maximum Gasteiger partial charge on any atom is 0.411 e. The van der Waals surface area contributed by atoms with E-state index in [1.807, 2.05) is 20.8 Å². The Bertz CT molecular complexity index is 478. The number of hydrogen-bond acceptors (Lipinski definition) is 5. The second-order valence-corrected chi connectivity index (χ2v) is 13.7. The quantitative estimate of drug-likeness (QED) is 0.427. The van der Waals surface area contributed by atoms with Crippen LogP contribution in [0, 0.1) is 0 Å². The molecule has 0 spiro atoms. The number of esters is 1. The van der Waals surface area contributed by atoms with Gasteiger partial charge in [-0.15, -0.1) is 0 Å². The van der Waals surface area contributed by atoms with E-state index >= 15 is 0 Å². The van der Waals surface area contributed by atoms with Crippen LogP contribution in [0.3, 0.4) is 0 Å². The summed E-state index contributed by atoms with van der Waals surface area (Å²) in [6.07, 6.45) is -0.386. The molecule has 0 saturated carbocycles. The van der Waals surface area contributed by atoms with E-state index in [0.717, 1.165) is 0 Å². The SMILES string of the molecule is CC(=O)OC[C@@H]1[C@H](CO[Si](C)(C)C(C)(C)C)N1C(=O)OC(C)(C)C. The van der Waals surface area contributed by atoms with Gasteiger partial charge in [-0.25, -0.2) is 4.79 Å². The summed E-state index contributed by atoms with van der Waals surface area (Å²) in [7, 11) is -1.90. The van der Waals surface area contributed by atoms with Crippen LogP contribution in [0.4, 0.5) is 4.79 Å². The van der Waals surface area contributed by atoms with Gasteiger partial charge in [0.15, 0.2) is 8.32 Å². The van der Waals surface area contributed by atoms with Crippen molar-refractivity contribution >= 4 is 20.4 Å². The van der Waals surface area contributed by atoms with Crippen LogP contribution in [-0.2, 0) is 18.7 Å². The van der Waals surface area contributed by atoms with E-state index in [-0.39, 0.29) is 35.8 Å². The highest BCUT2D eigenvalue weighted by Crippen LogP contribution is 2.39. The summed E-state index contributed by atoms with van der Waals surface area (Å²) in [5.74, 6) is -0.352. The minimum atomic E-state index is -1.90. The molecule has 1 fully saturated rings. The molecule has 0 N–H and O–H groups in total. The molecule has 0 aromatic heterocycles. The molecular formula is C17H33NO5Si. The molecule has 0 unspecified atom stereocenters. The normalized spacial score (nSPS) is 21.5. The molecule has 1 amide bonds. The predicted molar refractivity (Wildman–Crippen MR) is 95.4 cm³/mol. The second-order valence-electron chi connectivity index (χ2n) is 8.90. The maximum absolute atomic E-state index is 12.3. The third-order valence-corrected chi connectivity index (χ3v) is 9.05. The molecule has 1 aliphatic heterocycles. The number of hydrogen-bond donors (Lipinski definition) is 0. The fourth-order valence-electron chi connectivity index (χ4n) is 2.02. The highest BCUT2D eigenvalue weighted by Gasteiger charge is 2.54. The molecule has 1 heterocycles. The second kappa shape index (κ2) is 7.04. The van der Waals surface area contributed by atoms with Crippen LogP contribution in [0.15, 0.2) is 0 Å². The molecule has 0 radical (unpaired) electrons. The zero-order valence-corrected chi connectivity index (χ0v) is 17.6. The topological polar surface area (TPSA) is 64.8 Å². The predicted octanol–water partition coefficient (Wildman–Crippen LogP) is 3.56. The lowest BCUT2D eigenvalue weighted by molar-refractivity contribution is -0.141. The highest BCUT2D eigenvalue weighted by molar-refractivity contribution is 6.74. The van der Waals surface area contributed by atoms with Gasteiger partial charge in [0.25, 0.3) is 0 Å². The van der Waals surface area contributed by atoms with Gasteiger partial charge in [0.2, 0.25) is 0 Å². The van der Waals surface area contributed by atoms with Gasteiger partial charge in [-0.1, -0.05) is 20.8 Å². The number of amides is 1. The molecular weight excluding hydrogens is 326 g/mol. The smallest absolute Gasteiger partial charge is 0.411 e. The van der Waals surface area contributed by atoms with E-state index in [0.29, 0.717) is 6.61 Å². The molecule has 0 bridgehead atoms. The summed E-state index contributed by atoms with van der Waals surface area (Å²) in [4.78, 5) is 25.0. The van der Waals surface area contributed by atoms with Crippen LogP contribution in [0.5, 0.6) is 0 Å². The van der Waals surface area contributed by atoms with Gasteiger partial charge in [-0.05, 0) is 38.9 Å². The Labute approximate surface area is 147 Å². The van der Waals surface area contributed by atoms with Crippen molar-refractivity contribution in [2.24, 2.45) is 0 Å². The van der Waals surface area contributed by atoms with Crippen molar-refractivity contribution in [3.63, 3.8) is 0 Å². The fourth-order valence-corrected chi connectivity index (χ4v) is 3.04. The van der Waals surface area contributed by atoms with Gasteiger partial charge in [0.1, 0.15) is 12.2 Å². The standard InChI is InChI=1S/C17H33NO5Si/c1-12(19)21-10-13-14(11-22-24(8,9)17(5,6)7)18(13)15(20)23-16(2,3)4/h13-14H,10-11H2,1-9H3/t13-,14+,18?/m1/s1. The Hall–Kier alpha value is -1.08. The monoisotopic (exact) mass is 359 g/mol. The van der Waals surface area contributed by atoms with E-state index in [1.165, 1.54) is 6.92 Å². The molecule has 2 atom stereocenters. The van der Waals surface area contributed by atoms with Crippen LogP contribution in [-0.4, -0.2) is 56.2 Å². The van der Waals surface area contributed by atoms with Gasteiger partial charge in [-0.3, -0.25) is 9.69 Å². The number of carbonyl (C=O) groups excluding carboxylic acids is 2. The average molecular weight is 360 g/mol. The van der Waals surface area contributed by atoms with Gasteiger partial charge in [0.05, 0.1) is 18.7 Å². The van der Waals surface area contributed by atoms with Crippen LogP contribution < -0.4 is 0 Å². The molecule has 1 aliphatic rings. The zero-order valence-electron chi connectivity index (χ0n) is 16.6. The highest BCUT2D eigenvalue weighted by atomic mass is 28.4. The molecule has 24 heavy (non-hydrogen) atoms. The van der Waals surface area contributed by atoms with E-state index in [4.69, 9.17) is 13.9 Å². The molecule has 1 rings (SSSR count). The van der Waals surface area contributed by atoms with Crippen LogP contribution in [0.2, 0.25) is 18.1 Å². The van der Waals surface area contributed by atoms with Crippen molar-refractivity contribution in [2.75, 3.05) is 13.2 Å². The first-order valence-corrected chi connectivity index (χ1v) is 11.4. The van der Waals surface area contributed by atoms with Crippen molar-refractivity contribution in [1.82, 2.24) is 4.90 Å². The first-order chi connectivity index (χ1) is 10.7. The summed E-state index contributed by atoms with van der Waals surface area (Å²) >= 11 is 0. The number of ether oxygens (including phenoxy) is 2. The molecule has 1 saturated heterocycles. The lowest BCUT2D eigenvalue weighted by Gasteiger charge is -2.36. The molecule has 0 aromatic rings. The van der Waals surface area contributed by atoms with Gasteiger partial charge < -0.3 is 13.9 Å². The minimum absolute atomic E-state index is 0.101. The van der Waals surface area contributed by atoms with Crippen LogP contribution >= 0.6 is 0 Å². The molecule has 7 heteroatoms. The number of rotatable bonds is 5. The maximum atomic E-state index is 12.3. The van der Waals surface area contributed by atoms with Gasteiger partial charge in [-0.2, -0.15) is 0 Å². The van der Waals surface area contributed by atoms with E-state index in [1.54, 1.807) is 4.90 Å². The first-order valence-electron chi connectivity index (χ1n) is 8.44. The minimum Gasteiger partial charge on any atom is -0.464 e. The Kier molecular flexibility index (Phi) is 6.14. The molecule has 0 aromatic carbocycles. The van der Waals surface area contributed by atoms with Crippen LogP contribution in [0.1, 0.15) is 48.5 Å². The lowest BCUT2D eigenvalue weighted by atomic mass is 10.2. The average Bonchev–Trinajstić information content (AvgIpc) is 3.03. The Morgan fingerprint density at radius 1 is 1.00 bits per heavy atom. The molecule has 0 aliphatic carbocycles. The van der Waals surface area contributed by atoms with Crippen molar-refractivity contribution in [3.05, 3.63) is 0 Å². The van der Waals surface area contributed by atoms with Gasteiger partial charge >= 0.3 is 12.1 Å². The van der Waals surface area contributed by atoms with E-state index < -0.39 is 13.9 Å².